The predicted octanol–water partition coefficient (Wildman–Crippen LogP) is 2.01. The summed E-state index contributed by atoms with van der Waals surface area (Å²) in [5.74, 6) is 4.39. The Balaban J connectivity index is 2.55. The Bertz CT molecular complexity index is 551. The van der Waals surface area contributed by atoms with Crippen LogP contribution < -0.4 is 11.3 Å². The van der Waals surface area contributed by atoms with Gasteiger partial charge in [0, 0.05) is 12.6 Å². The fourth-order valence-corrected chi connectivity index (χ4v) is 2.37. The van der Waals surface area contributed by atoms with Gasteiger partial charge in [-0.05, 0) is 34.1 Å². The topological polar surface area (TPSA) is 55.9 Å². The van der Waals surface area contributed by atoms with Crippen LogP contribution in [0.2, 0.25) is 0 Å². The monoisotopic (exact) mass is 316 g/mol. The van der Waals surface area contributed by atoms with Crippen LogP contribution in [0.15, 0.2) is 28.9 Å². The van der Waals surface area contributed by atoms with Crippen molar-refractivity contribution >= 4 is 15.9 Å². The quantitative estimate of drug-likeness (QED) is 0.673. The van der Waals surface area contributed by atoms with Crippen molar-refractivity contribution in [1.82, 2.24) is 15.2 Å². The molecule has 1 unspecified atom stereocenters. The summed E-state index contributed by atoms with van der Waals surface area (Å²) >= 11 is 3.30. The summed E-state index contributed by atoms with van der Waals surface area (Å²) in [6.07, 6.45) is 1.57. The van der Waals surface area contributed by atoms with Gasteiger partial charge in [0.1, 0.15) is 11.6 Å². The number of benzene rings is 1. The maximum atomic E-state index is 13.8. The second-order valence-electron chi connectivity index (χ2n) is 3.77. The third-order valence-corrected chi connectivity index (χ3v) is 3.26. The van der Waals surface area contributed by atoms with Gasteiger partial charge in [0.05, 0.1) is 22.4 Å². The van der Waals surface area contributed by atoms with E-state index in [0.717, 1.165) is 18.2 Å². The molecule has 0 saturated carbocycles. The fourth-order valence-electron chi connectivity index (χ4n) is 1.80. The van der Waals surface area contributed by atoms with Crippen LogP contribution in [-0.4, -0.2) is 9.78 Å². The van der Waals surface area contributed by atoms with Crippen molar-refractivity contribution in [2.24, 2.45) is 12.9 Å². The first-order valence-electron chi connectivity index (χ1n) is 5.13. The fraction of sp³-hybridized carbons (Fsp3) is 0.182. The van der Waals surface area contributed by atoms with Crippen LogP contribution in [0.4, 0.5) is 8.78 Å². The van der Waals surface area contributed by atoms with Crippen molar-refractivity contribution in [1.29, 1.82) is 0 Å². The molecule has 0 radical (unpaired) electrons. The molecule has 0 bridgehead atoms. The summed E-state index contributed by atoms with van der Waals surface area (Å²) in [6.45, 7) is 0. The molecule has 2 rings (SSSR count). The molecule has 4 nitrogen and oxygen atoms in total. The summed E-state index contributed by atoms with van der Waals surface area (Å²) in [4.78, 5) is 0. The van der Waals surface area contributed by atoms with E-state index >= 15 is 0 Å². The van der Waals surface area contributed by atoms with Crippen molar-refractivity contribution in [2.45, 2.75) is 6.04 Å². The first kappa shape index (κ1) is 13.1. The first-order chi connectivity index (χ1) is 8.54. The molecule has 1 heterocycles. The van der Waals surface area contributed by atoms with E-state index in [2.05, 4.69) is 26.5 Å². The Morgan fingerprint density at radius 1 is 1.44 bits per heavy atom. The van der Waals surface area contributed by atoms with E-state index in [4.69, 9.17) is 5.84 Å². The lowest BCUT2D eigenvalue weighted by atomic mass is 10.0. The highest BCUT2D eigenvalue weighted by atomic mass is 79.9. The zero-order valence-electron chi connectivity index (χ0n) is 9.49. The van der Waals surface area contributed by atoms with E-state index in [1.165, 1.54) is 0 Å². The molecule has 0 amide bonds. The summed E-state index contributed by atoms with van der Waals surface area (Å²) < 4.78 is 29.2. The van der Waals surface area contributed by atoms with Crippen LogP contribution in [0.25, 0.3) is 0 Å². The molecular formula is C11H11BrF2N4. The van der Waals surface area contributed by atoms with Crippen molar-refractivity contribution in [2.75, 3.05) is 0 Å². The molecule has 1 aromatic heterocycles. The SMILES string of the molecule is Cn1ncc(Br)c1C(NN)c1cc(F)ccc1F. The minimum Gasteiger partial charge on any atom is -0.271 e. The summed E-state index contributed by atoms with van der Waals surface area (Å²) in [5.41, 5.74) is 3.21. The van der Waals surface area contributed by atoms with Gasteiger partial charge < -0.3 is 0 Å². The zero-order chi connectivity index (χ0) is 13.3. The standard InChI is InChI=1S/C11H11BrF2N4/c1-18-11(8(12)5-16-18)10(17-15)7-4-6(13)2-3-9(7)14/h2-5,10,17H,15H2,1H3. The zero-order valence-corrected chi connectivity index (χ0v) is 11.1. The highest BCUT2D eigenvalue weighted by Crippen LogP contribution is 2.29. The van der Waals surface area contributed by atoms with Crippen molar-refractivity contribution < 1.29 is 8.78 Å². The van der Waals surface area contributed by atoms with E-state index in [1.807, 2.05) is 0 Å². The number of aromatic nitrogens is 2. The van der Waals surface area contributed by atoms with Gasteiger partial charge in [0.2, 0.25) is 0 Å². The highest BCUT2D eigenvalue weighted by molar-refractivity contribution is 9.10. The number of halogens is 3. The second kappa shape index (κ2) is 5.13. The smallest absolute Gasteiger partial charge is 0.128 e. The molecule has 96 valence electrons. The van der Waals surface area contributed by atoms with Crippen LogP contribution in [0, 0.1) is 11.6 Å². The van der Waals surface area contributed by atoms with Crippen LogP contribution in [0.5, 0.6) is 0 Å². The van der Waals surface area contributed by atoms with Crippen molar-refractivity contribution in [3.05, 3.63) is 51.8 Å². The number of hydrazine groups is 1. The molecule has 3 N–H and O–H groups in total. The van der Waals surface area contributed by atoms with Gasteiger partial charge in [-0.25, -0.2) is 14.2 Å². The average Bonchev–Trinajstić information content (AvgIpc) is 2.66. The number of aryl methyl sites for hydroxylation is 1. The minimum atomic E-state index is -0.692. The van der Waals surface area contributed by atoms with Gasteiger partial charge in [0.15, 0.2) is 0 Å². The second-order valence-corrected chi connectivity index (χ2v) is 4.62. The van der Waals surface area contributed by atoms with Gasteiger partial charge in [-0.3, -0.25) is 10.5 Å². The lowest BCUT2D eigenvalue weighted by Crippen LogP contribution is -2.31. The summed E-state index contributed by atoms with van der Waals surface area (Å²) in [5, 5.41) is 4.02. The maximum Gasteiger partial charge on any atom is 0.128 e. The molecule has 1 atom stereocenters. The first-order valence-corrected chi connectivity index (χ1v) is 5.92. The van der Waals surface area contributed by atoms with E-state index in [1.54, 1.807) is 17.9 Å². The Morgan fingerprint density at radius 2 is 2.17 bits per heavy atom. The molecule has 18 heavy (non-hydrogen) atoms. The largest absolute Gasteiger partial charge is 0.271 e. The molecule has 0 spiro atoms. The van der Waals surface area contributed by atoms with Gasteiger partial charge >= 0.3 is 0 Å². The number of nitrogens with zero attached hydrogens (tertiary/aromatic N) is 2. The average molecular weight is 317 g/mol. The molecule has 0 aliphatic carbocycles. The minimum absolute atomic E-state index is 0.127. The number of nitrogens with two attached hydrogens (primary N) is 1. The molecule has 0 aliphatic heterocycles. The molecule has 0 aliphatic rings. The number of hydrogen-bond donors (Lipinski definition) is 2. The maximum absolute atomic E-state index is 13.8. The summed E-state index contributed by atoms with van der Waals surface area (Å²) in [6, 6.07) is 2.55. The van der Waals surface area contributed by atoms with Crippen LogP contribution in [0.1, 0.15) is 17.3 Å². The molecule has 2 aromatic rings. The van der Waals surface area contributed by atoms with Crippen molar-refractivity contribution in [3.63, 3.8) is 0 Å². The highest BCUT2D eigenvalue weighted by Gasteiger charge is 2.22. The third kappa shape index (κ3) is 2.29. The predicted molar refractivity (Wildman–Crippen MR) is 66.4 cm³/mol. The Morgan fingerprint density at radius 3 is 2.72 bits per heavy atom. The summed E-state index contributed by atoms with van der Waals surface area (Å²) in [7, 11) is 1.70. The molecule has 1 aromatic carbocycles. The van der Waals surface area contributed by atoms with E-state index in [-0.39, 0.29) is 5.56 Å². The van der Waals surface area contributed by atoms with Gasteiger partial charge in [-0.1, -0.05) is 0 Å². The van der Waals surface area contributed by atoms with Crippen LogP contribution in [-0.2, 0) is 7.05 Å². The molecular weight excluding hydrogens is 306 g/mol. The van der Waals surface area contributed by atoms with E-state index in [9.17, 15) is 8.78 Å². The van der Waals surface area contributed by atoms with Crippen molar-refractivity contribution in [3.8, 4) is 0 Å². The van der Waals surface area contributed by atoms with Crippen LogP contribution in [0.3, 0.4) is 0 Å². The third-order valence-electron chi connectivity index (χ3n) is 2.65. The number of hydrogen-bond acceptors (Lipinski definition) is 3. The van der Waals surface area contributed by atoms with Gasteiger partial charge in [-0.2, -0.15) is 5.10 Å². The Labute approximate surface area is 111 Å². The normalized spacial score (nSPS) is 12.7. The molecule has 0 fully saturated rings. The van der Waals surface area contributed by atoms with E-state index in [0.29, 0.717) is 10.2 Å². The Kier molecular flexibility index (Phi) is 3.74. The van der Waals surface area contributed by atoms with E-state index < -0.39 is 17.7 Å². The molecule has 7 heteroatoms. The lowest BCUT2D eigenvalue weighted by molar-refractivity contribution is 0.522. The number of nitrogens with one attached hydrogen (secondary N) is 1. The molecule has 0 saturated heterocycles. The Hall–Kier alpha value is -1.31. The van der Waals surface area contributed by atoms with Gasteiger partial charge in [-0.15, -0.1) is 0 Å². The lowest BCUT2D eigenvalue weighted by Gasteiger charge is -2.18. The van der Waals surface area contributed by atoms with Gasteiger partial charge in [0.25, 0.3) is 0 Å². The van der Waals surface area contributed by atoms with Crippen LogP contribution >= 0.6 is 15.9 Å². The number of rotatable bonds is 3.